The van der Waals surface area contributed by atoms with Crippen molar-refractivity contribution in [2.45, 2.75) is 25.9 Å². The van der Waals surface area contributed by atoms with Gasteiger partial charge in [-0.2, -0.15) is 5.10 Å². The summed E-state index contributed by atoms with van der Waals surface area (Å²) in [6, 6.07) is 16.1. The fraction of sp³-hybridized carbons (Fsp3) is 0.217. The number of amides is 1. The van der Waals surface area contributed by atoms with Gasteiger partial charge in [0.1, 0.15) is 11.9 Å². The van der Waals surface area contributed by atoms with Crippen molar-refractivity contribution in [2.75, 3.05) is 0 Å². The maximum atomic E-state index is 13.4. The van der Waals surface area contributed by atoms with Crippen LogP contribution in [0.1, 0.15) is 47.8 Å². The molecule has 1 atom stereocenters. The second-order valence-electron chi connectivity index (χ2n) is 7.45. The van der Waals surface area contributed by atoms with Crippen LogP contribution in [-0.2, 0) is 7.05 Å². The summed E-state index contributed by atoms with van der Waals surface area (Å²) in [5, 5.41) is 8.49. The first kappa shape index (κ1) is 19.6. The van der Waals surface area contributed by atoms with Crippen LogP contribution < -0.4 is 10.9 Å². The molecule has 0 saturated carbocycles. The number of fused-ring (bicyclic) bond motifs is 1. The lowest BCUT2D eigenvalue weighted by Crippen LogP contribution is -2.34. The summed E-state index contributed by atoms with van der Waals surface area (Å²) >= 11 is 0. The van der Waals surface area contributed by atoms with Crippen LogP contribution in [0.25, 0.3) is 10.8 Å². The molecule has 152 valence electrons. The Hall–Kier alpha value is -3.74. The fourth-order valence-electron chi connectivity index (χ4n) is 3.52. The highest BCUT2D eigenvalue weighted by Gasteiger charge is 2.24. The number of benzene rings is 2. The lowest BCUT2D eigenvalue weighted by Gasteiger charge is -2.20. The maximum Gasteiger partial charge on any atom is 0.274 e. The molecule has 0 bridgehead atoms. The summed E-state index contributed by atoms with van der Waals surface area (Å²) < 4.78 is 3.23. The zero-order chi connectivity index (χ0) is 21.3. The third-order valence-electron chi connectivity index (χ3n) is 5.06. The Morgan fingerprint density at radius 3 is 2.30 bits per heavy atom. The maximum absolute atomic E-state index is 13.4. The number of nitrogens with one attached hydrogen (secondary N) is 1. The van der Waals surface area contributed by atoms with Gasteiger partial charge in [0.05, 0.1) is 11.4 Å². The Morgan fingerprint density at radius 2 is 1.67 bits per heavy atom. The van der Waals surface area contributed by atoms with E-state index in [-0.39, 0.29) is 23.2 Å². The van der Waals surface area contributed by atoms with Gasteiger partial charge in [0.15, 0.2) is 5.69 Å². The molecular formula is C23H23N5O2. The van der Waals surface area contributed by atoms with E-state index in [9.17, 15) is 9.59 Å². The summed E-state index contributed by atoms with van der Waals surface area (Å²) in [5.74, 6) is 0.341. The van der Waals surface area contributed by atoms with Crippen LogP contribution in [0.5, 0.6) is 0 Å². The topological polar surface area (TPSA) is 81.8 Å². The van der Waals surface area contributed by atoms with Crippen molar-refractivity contribution >= 4 is 16.7 Å². The van der Waals surface area contributed by atoms with Crippen LogP contribution in [0, 0.1) is 0 Å². The molecular weight excluding hydrogens is 378 g/mol. The van der Waals surface area contributed by atoms with E-state index in [1.54, 1.807) is 30.5 Å². The monoisotopic (exact) mass is 401 g/mol. The molecule has 7 nitrogen and oxygen atoms in total. The average Bonchev–Trinajstić information content (AvgIpc) is 3.18. The highest BCUT2D eigenvalue weighted by atomic mass is 16.2. The lowest BCUT2D eigenvalue weighted by molar-refractivity contribution is 0.0935. The number of aryl methyl sites for hydroxylation is 1. The van der Waals surface area contributed by atoms with Crippen molar-refractivity contribution in [1.29, 1.82) is 0 Å². The van der Waals surface area contributed by atoms with Crippen molar-refractivity contribution in [3.63, 3.8) is 0 Å². The predicted octanol–water partition coefficient (Wildman–Crippen LogP) is 3.23. The first-order valence-electron chi connectivity index (χ1n) is 9.82. The number of rotatable bonds is 5. The molecule has 2 aromatic heterocycles. The molecule has 0 spiro atoms. The third kappa shape index (κ3) is 3.50. The smallest absolute Gasteiger partial charge is 0.274 e. The lowest BCUT2D eigenvalue weighted by atomic mass is 10.1. The zero-order valence-corrected chi connectivity index (χ0v) is 17.1. The van der Waals surface area contributed by atoms with Crippen LogP contribution in [0.15, 0.2) is 71.8 Å². The average molecular weight is 401 g/mol. The Morgan fingerprint density at radius 1 is 1.00 bits per heavy atom. The van der Waals surface area contributed by atoms with E-state index in [0.29, 0.717) is 16.6 Å². The Balaban J connectivity index is 1.82. The molecule has 30 heavy (non-hydrogen) atoms. The highest BCUT2D eigenvalue weighted by Crippen LogP contribution is 2.22. The van der Waals surface area contributed by atoms with E-state index in [2.05, 4.69) is 15.4 Å². The van der Waals surface area contributed by atoms with Crippen molar-refractivity contribution < 1.29 is 4.79 Å². The minimum atomic E-state index is -0.460. The summed E-state index contributed by atoms with van der Waals surface area (Å²) in [6.07, 6.45) is 3.54. The van der Waals surface area contributed by atoms with Gasteiger partial charge in [0.2, 0.25) is 0 Å². The Labute approximate surface area is 174 Å². The zero-order valence-electron chi connectivity index (χ0n) is 17.1. The summed E-state index contributed by atoms with van der Waals surface area (Å²) in [4.78, 5) is 30.6. The van der Waals surface area contributed by atoms with Gasteiger partial charge in [-0.1, -0.05) is 48.5 Å². The summed E-state index contributed by atoms with van der Waals surface area (Å²) in [7, 11) is 1.89. The minimum Gasteiger partial charge on any atom is -0.337 e. The SMILES string of the molecule is CC(C)n1nc(C(=O)NC(c2ccccc2)c2nccn2C)c2ccccc2c1=O. The number of carbonyl (C=O) groups excluding carboxylic acids is 1. The molecule has 7 heteroatoms. The van der Waals surface area contributed by atoms with Gasteiger partial charge in [-0.05, 0) is 25.5 Å². The van der Waals surface area contributed by atoms with Crippen molar-refractivity contribution in [2.24, 2.45) is 7.05 Å². The van der Waals surface area contributed by atoms with Gasteiger partial charge in [-0.25, -0.2) is 9.67 Å². The number of nitrogens with zero attached hydrogens (tertiary/aromatic N) is 4. The van der Waals surface area contributed by atoms with E-state index in [4.69, 9.17) is 0 Å². The number of hydrogen-bond acceptors (Lipinski definition) is 4. The molecule has 4 aromatic rings. The molecule has 2 heterocycles. The summed E-state index contributed by atoms with van der Waals surface area (Å²) in [5.41, 5.74) is 0.913. The second kappa shape index (κ2) is 7.94. The number of imidazole rings is 1. The quantitative estimate of drug-likeness (QED) is 0.557. The molecule has 1 amide bonds. The van der Waals surface area contributed by atoms with E-state index < -0.39 is 6.04 Å². The summed E-state index contributed by atoms with van der Waals surface area (Å²) in [6.45, 7) is 3.73. The van der Waals surface area contributed by atoms with Crippen LogP contribution in [0.2, 0.25) is 0 Å². The minimum absolute atomic E-state index is 0.173. The van der Waals surface area contributed by atoms with E-state index in [1.807, 2.05) is 62.0 Å². The van der Waals surface area contributed by atoms with Crippen LogP contribution >= 0.6 is 0 Å². The van der Waals surface area contributed by atoms with Gasteiger partial charge in [0, 0.05) is 24.8 Å². The highest BCUT2D eigenvalue weighted by molar-refractivity contribution is 6.05. The van der Waals surface area contributed by atoms with Crippen LogP contribution in [0.3, 0.4) is 0 Å². The van der Waals surface area contributed by atoms with Gasteiger partial charge in [0.25, 0.3) is 11.5 Å². The molecule has 0 aliphatic carbocycles. The van der Waals surface area contributed by atoms with Crippen molar-refractivity contribution in [3.8, 4) is 0 Å². The normalized spacial score (nSPS) is 12.3. The molecule has 0 fully saturated rings. The predicted molar refractivity (Wildman–Crippen MR) is 115 cm³/mol. The van der Waals surface area contributed by atoms with E-state index in [1.165, 1.54) is 4.68 Å². The number of hydrogen-bond donors (Lipinski definition) is 1. The molecule has 0 radical (unpaired) electrons. The number of carbonyl (C=O) groups is 1. The Bertz CT molecular complexity index is 1260. The van der Waals surface area contributed by atoms with Crippen molar-refractivity contribution in [3.05, 3.63) is 94.4 Å². The van der Waals surface area contributed by atoms with Gasteiger partial charge in [-0.3, -0.25) is 9.59 Å². The van der Waals surface area contributed by atoms with Gasteiger partial charge < -0.3 is 9.88 Å². The molecule has 0 aliphatic heterocycles. The molecule has 2 aromatic carbocycles. The second-order valence-corrected chi connectivity index (χ2v) is 7.45. The molecule has 1 unspecified atom stereocenters. The number of aromatic nitrogens is 4. The van der Waals surface area contributed by atoms with E-state index in [0.717, 1.165) is 5.56 Å². The Kier molecular flexibility index (Phi) is 5.18. The first-order valence-corrected chi connectivity index (χ1v) is 9.82. The van der Waals surface area contributed by atoms with Gasteiger partial charge in [-0.15, -0.1) is 0 Å². The molecule has 4 rings (SSSR count). The van der Waals surface area contributed by atoms with E-state index >= 15 is 0 Å². The van der Waals surface area contributed by atoms with Gasteiger partial charge >= 0.3 is 0 Å². The molecule has 1 N–H and O–H groups in total. The standard InChI is InChI=1S/C23H23N5O2/c1-15(2)28-23(30)18-12-8-7-11-17(18)20(26-28)22(29)25-19(16-9-5-4-6-10-16)21-24-13-14-27(21)3/h4-15,19H,1-3H3,(H,25,29). The van der Waals surface area contributed by atoms with Crippen LogP contribution in [0.4, 0.5) is 0 Å². The fourth-order valence-corrected chi connectivity index (χ4v) is 3.52. The molecule has 0 aliphatic rings. The van der Waals surface area contributed by atoms with Crippen molar-refractivity contribution in [1.82, 2.24) is 24.6 Å². The van der Waals surface area contributed by atoms with Crippen LogP contribution in [-0.4, -0.2) is 25.2 Å². The third-order valence-corrected chi connectivity index (χ3v) is 5.06. The largest absolute Gasteiger partial charge is 0.337 e. The molecule has 0 saturated heterocycles. The first-order chi connectivity index (χ1) is 14.5.